The average Bonchev–Trinajstić information content (AvgIpc) is 2.71. The molecule has 1 aromatic heterocycles. The van der Waals surface area contributed by atoms with E-state index >= 15 is 0 Å². The number of thiazole rings is 1. The van der Waals surface area contributed by atoms with E-state index in [-0.39, 0.29) is 5.41 Å². The predicted octanol–water partition coefficient (Wildman–Crippen LogP) is 3.30. The first-order chi connectivity index (χ1) is 8.68. The molecule has 1 N–H and O–H groups in total. The number of benzene rings is 1. The molecule has 1 fully saturated rings. The van der Waals surface area contributed by atoms with Gasteiger partial charge in [0, 0.05) is 40.5 Å². The van der Waals surface area contributed by atoms with Crippen LogP contribution in [0.25, 0.3) is 0 Å². The Morgan fingerprint density at radius 1 is 1.33 bits per heavy atom. The van der Waals surface area contributed by atoms with Gasteiger partial charge in [-0.05, 0) is 24.6 Å². The van der Waals surface area contributed by atoms with Crippen LogP contribution in [-0.2, 0) is 11.8 Å². The maximum absolute atomic E-state index is 4.60. The molecule has 0 aliphatic carbocycles. The maximum Gasteiger partial charge on any atom is 0.0938 e. The van der Waals surface area contributed by atoms with Crippen molar-refractivity contribution < 1.29 is 0 Å². The summed E-state index contributed by atoms with van der Waals surface area (Å²) in [6, 6.07) is 8.71. The molecule has 18 heavy (non-hydrogen) atoms. The molecule has 1 aliphatic rings. The molecular weight excluding hydrogens is 308 g/mol. The quantitative estimate of drug-likeness (QED) is 0.937. The molecule has 0 radical (unpaired) electrons. The monoisotopic (exact) mass is 322 g/mol. The predicted molar refractivity (Wildman–Crippen MR) is 79.2 cm³/mol. The van der Waals surface area contributed by atoms with Crippen LogP contribution in [0.1, 0.15) is 16.3 Å². The Labute approximate surface area is 120 Å². The summed E-state index contributed by atoms with van der Waals surface area (Å²) >= 11 is 5.27. The van der Waals surface area contributed by atoms with Crippen LogP contribution in [0.3, 0.4) is 0 Å². The first-order valence-corrected chi connectivity index (χ1v) is 7.73. The molecule has 0 amide bonds. The van der Waals surface area contributed by atoms with Crippen LogP contribution >= 0.6 is 27.3 Å². The van der Waals surface area contributed by atoms with Gasteiger partial charge in [-0.3, -0.25) is 0 Å². The van der Waals surface area contributed by atoms with Gasteiger partial charge in [0.25, 0.3) is 0 Å². The minimum absolute atomic E-state index is 0.241. The topological polar surface area (TPSA) is 24.9 Å². The Morgan fingerprint density at radius 3 is 2.56 bits per heavy atom. The third-order valence-electron chi connectivity index (χ3n) is 3.54. The minimum atomic E-state index is 0.241. The summed E-state index contributed by atoms with van der Waals surface area (Å²) in [5.41, 5.74) is 2.79. The normalized spacial score (nSPS) is 17.4. The van der Waals surface area contributed by atoms with E-state index in [4.69, 9.17) is 0 Å². The molecule has 0 spiro atoms. The summed E-state index contributed by atoms with van der Waals surface area (Å²) in [6.07, 6.45) is 1.04. The van der Waals surface area contributed by atoms with Crippen LogP contribution in [0.5, 0.6) is 0 Å². The van der Waals surface area contributed by atoms with Crippen LogP contribution in [0.2, 0.25) is 0 Å². The lowest BCUT2D eigenvalue weighted by atomic mass is 9.73. The molecule has 4 heteroatoms. The van der Waals surface area contributed by atoms with E-state index in [1.165, 1.54) is 10.6 Å². The number of aromatic nitrogens is 1. The van der Waals surface area contributed by atoms with Gasteiger partial charge in [-0.15, -0.1) is 11.3 Å². The Morgan fingerprint density at radius 2 is 2.06 bits per heavy atom. The van der Waals surface area contributed by atoms with Gasteiger partial charge in [0.1, 0.15) is 0 Å². The fraction of sp³-hybridized carbons (Fsp3) is 0.357. The highest BCUT2D eigenvalue weighted by Crippen LogP contribution is 2.34. The molecule has 1 saturated heterocycles. The highest BCUT2D eigenvalue weighted by molar-refractivity contribution is 9.10. The fourth-order valence-corrected chi connectivity index (χ4v) is 3.61. The first-order valence-electron chi connectivity index (χ1n) is 6.06. The van der Waals surface area contributed by atoms with Gasteiger partial charge in [0.2, 0.25) is 0 Å². The van der Waals surface area contributed by atoms with Crippen LogP contribution in [-0.4, -0.2) is 18.1 Å². The van der Waals surface area contributed by atoms with Gasteiger partial charge in [-0.25, -0.2) is 4.98 Å². The van der Waals surface area contributed by atoms with Gasteiger partial charge < -0.3 is 5.32 Å². The molecule has 1 aromatic carbocycles. The summed E-state index contributed by atoms with van der Waals surface area (Å²) in [4.78, 5) is 4.60. The Kier molecular flexibility index (Phi) is 3.26. The summed E-state index contributed by atoms with van der Waals surface area (Å²) in [5.74, 6) is 0. The van der Waals surface area contributed by atoms with E-state index in [0.29, 0.717) is 0 Å². The third kappa shape index (κ3) is 2.25. The smallest absolute Gasteiger partial charge is 0.0938 e. The van der Waals surface area contributed by atoms with Crippen molar-refractivity contribution in [3.8, 4) is 0 Å². The van der Waals surface area contributed by atoms with E-state index in [0.717, 1.165) is 29.7 Å². The van der Waals surface area contributed by atoms with E-state index in [1.807, 2.05) is 0 Å². The van der Waals surface area contributed by atoms with Gasteiger partial charge in [0.15, 0.2) is 0 Å². The number of nitrogens with zero attached hydrogens (tertiary/aromatic N) is 1. The van der Waals surface area contributed by atoms with Crippen LogP contribution in [0.15, 0.2) is 34.1 Å². The van der Waals surface area contributed by atoms with Gasteiger partial charge >= 0.3 is 0 Å². The molecule has 0 atom stereocenters. The van der Waals surface area contributed by atoms with Crippen molar-refractivity contribution >= 4 is 27.3 Å². The van der Waals surface area contributed by atoms with Crippen molar-refractivity contribution in [2.75, 3.05) is 13.1 Å². The summed E-state index contributed by atoms with van der Waals surface area (Å²) in [7, 11) is 0. The molecule has 0 unspecified atom stereocenters. The van der Waals surface area contributed by atoms with E-state index < -0.39 is 0 Å². The molecule has 0 saturated carbocycles. The van der Waals surface area contributed by atoms with Gasteiger partial charge in [-0.2, -0.15) is 0 Å². The molecule has 94 valence electrons. The molecule has 3 rings (SSSR count). The highest BCUT2D eigenvalue weighted by Gasteiger charge is 2.39. The lowest BCUT2D eigenvalue weighted by molar-refractivity contribution is 0.274. The number of halogens is 1. The van der Waals surface area contributed by atoms with Crippen molar-refractivity contribution in [3.05, 3.63) is 50.4 Å². The largest absolute Gasteiger partial charge is 0.315 e. The second kappa shape index (κ2) is 4.76. The van der Waals surface area contributed by atoms with Crippen molar-refractivity contribution in [3.63, 3.8) is 0 Å². The molecule has 2 aromatic rings. The maximum atomic E-state index is 4.60. The third-order valence-corrected chi connectivity index (χ3v) is 5.03. The van der Waals surface area contributed by atoms with E-state index in [1.54, 1.807) is 11.3 Å². The Balaban J connectivity index is 1.88. The van der Waals surface area contributed by atoms with Crippen molar-refractivity contribution in [1.29, 1.82) is 0 Å². The minimum Gasteiger partial charge on any atom is -0.315 e. The zero-order valence-corrected chi connectivity index (χ0v) is 12.6. The zero-order valence-electron chi connectivity index (χ0n) is 10.2. The summed E-state index contributed by atoms with van der Waals surface area (Å²) in [6.45, 7) is 4.16. The van der Waals surface area contributed by atoms with Crippen LogP contribution in [0.4, 0.5) is 0 Å². The number of aryl methyl sites for hydroxylation is 1. The summed E-state index contributed by atoms with van der Waals surface area (Å²) < 4.78 is 1.14. The lowest BCUT2D eigenvalue weighted by Crippen LogP contribution is -2.58. The standard InChI is InChI=1S/C14H15BrN2S/c1-10-7-18-13(17-10)6-14(8-16-9-14)11-2-4-12(15)5-3-11/h2-5,7,16H,6,8-9H2,1H3. The number of nitrogens with one attached hydrogen (secondary N) is 1. The molecule has 1 aliphatic heterocycles. The highest BCUT2D eigenvalue weighted by atomic mass is 79.9. The van der Waals surface area contributed by atoms with E-state index in [9.17, 15) is 0 Å². The SMILES string of the molecule is Cc1csc(CC2(c3ccc(Br)cc3)CNC2)n1. The second-order valence-corrected chi connectivity index (χ2v) is 6.81. The van der Waals surface area contributed by atoms with Crippen LogP contribution in [0, 0.1) is 6.92 Å². The van der Waals surface area contributed by atoms with E-state index in [2.05, 4.69) is 62.8 Å². The fourth-order valence-electron chi connectivity index (χ4n) is 2.43. The van der Waals surface area contributed by atoms with Crippen molar-refractivity contribution in [1.82, 2.24) is 10.3 Å². The Bertz CT molecular complexity index is 543. The molecule has 2 heterocycles. The first kappa shape index (κ1) is 12.3. The second-order valence-electron chi connectivity index (χ2n) is 4.95. The molecule has 0 bridgehead atoms. The molecule has 2 nitrogen and oxygen atoms in total. The molecular formula is C14H15BrN2S. The Hall–Kier alpha value is -0.710. The zero-order chi connectivity index (χ0) is 12.6. The number of hydrogen-bond donors (Lipinski definition) is 1. The van der Waals surface area contributed by atoms with Gasteiger partial charge in [0.05, 0.1) is 5.01 Å². The summed E-state index contributed by atoms with van der Waals surface area (Å²) in [5, 5.41) is 6.79. The number of rotatable bonds is 3. The van der Waals surface area contributed by atoms with Crippen molar-refractivity contribution in [2.45, 2.75) is 18.8 Å². The average molecular weight is 323 g/mol. The van der Waals surface area contributed by atoms with Gasteiger partial charge in [-0.1, -0.05) is 28.1 Å². The van der Waals surface area contributed by atoms with Crippen LogP contribution < -0.4 is 5.32 Å². The van der Waals surface area contributed by atoms with Crippen molar-refractivity contribution in [2.24, 2.45) is 0 Å². The lowest BCUT2D eigenvalue weighted by Gasteiger charge is -2.43. The number of hydrogen-bond acceptors (Lipinski definition) is 3.